The van der Waals surface area contributed by atoms with E-state index < -0.39 is 5.60 Å². The maximum atomic E-state index is 13.2. The highest BCUT2D eigenvalue weighted by Gasteiger charge is 2.50. The highest BCUT2D eigenvalue weighted by atomic mass is 16.5. The Morgan fingerprint density at radius 1 is 1.07 bits per heavy atom. The van der Waals surface area contributed by atoms with Crippen LogP contribution in [0, 0.1) is 13.8 Å². The third kappa shape index (κ3) is 5.10. The third-order valence-electron chi connectivity index (χ3n) is 9.37. The van der Waals surface area contributed by atoms with Gasteiger partial charge in [-0.05, 0) is 56.9 Å². The lowest BCUT2D eigenvalue weighted by molar-refractivity contribution is 0.151. The van der Waals surface area contributed by atoms with E-state index in [9.17, 15) is 9.90 Å². The number of carbonyl (C=O) groups is 1. The topological polar surface area (TPSA) is 125 Å². The third-order valence-corrected chi connectivity index (χ3v) is 9.37. The van der Waals surface area contributed by atoms with Gasteiger partial charge in [-0.1, -0.05) is 41.6 Å². The first-order chi connectivity index (χ1) is 21.7. The molecule has 3 aromatic heterocycles. The number of hydrogen-bond donors (Lipinski definition) is 2. The number of nitrogens with zero attached hydrogens (tertiary/aromatic N) is 7. The van der Waals surface area contributed by atoms with Gasteiger partial charge in [0.25, 0.3) is 0 Å². The smallest absolute Gasteiger partial charge is 0.317 e. The summed E-state index contributed by atoms with van der Waals surface area (Å²) in [5, 5.41) is 23.2. The van der Waals surface area contributed by atoms with Crippen molar-refractivity contribution in [2.75, 3.05) is 24.5 Å². The van der Waals surface area contributed by atoms with E-state index in [4.69, 9.17) is 14.5 Å². The molecule has 3 aliphatic rings. The Labute approximate surface area is 260 Å². The van der Waals surface area contributed by atoms with Crippen molar-refractivity contribution in [3.8, 4) is 22.5 Å². The van der Waals surface area contributed by atoms with E-state index in [2.05, 4.69) is 44.7 Å². The van der Waals surface area contributed by atoms with Gasteiger partial charge in [0.2, 0.25) is 0 Å². The number of aliphatic hydroxyl groups is 1. The molecule has 2 aromatic carbocycles. The lowest BCUT2D eigenvalue weighted by Gasteiger charge is -2.42. The second-order valence-corrected chi connectivity index (χ2v) is 12.9. The standard InChI is InChI=1S/C34H36N8O3/c1-20-30(21(2)45-39-20)23-9-12-27-26(15-23)32(38-31(37-27)24-17-35-42(18-24)29-16-34(29,3)44)41-14-13-40(33(43)36-25-10-11-25)19-28(41)22-7-5-4-6-8-22/h4-9,12,15,17-18,25,28-29,44H,10-11,13-14,16,19H2,1-3H3,(H,36,43). The van der Waals surface area contributed by atoms with Crippen molar-refractivity contribution >= 4 is 22.8 Å². The van der Waals surface area contributed by atoms with Crippen molar-refractivity contribution in [2.45, 2.75) is 63.8 Å². The zero-order valence-electron chi connectivity index (χ0n) is 25.6. The molecule has 1 saturated heterocycles. The number of piperazine rings is 1. The average Bonchev–Trinajstić information content (AvgIpc) is 3.87. The van der Waals surface area contributed by atoms with Gasteiger partial charge in [0, 0.05) is 49.2 Å². The predicted molar refractivity (Wildman–Crippen MR) is 170 cm³/mol. The number of fused-ring (bicyclic) bond motifs is 1. The van der Waals surface area contributed by atoms with Gasteiger partial charge in [-0.15, -0.1) is 0 Å². The van der Waals surface area contributed by atoms with E-state index in [1.807, 2.05) is 60.8 Å². The molecular formula is C34H36N8O3. The summed E-state index contributed by atoms with van der Waals surface area (Å²) < 4.78 is 7.32. The molecule has 0 bridgehead atoms. The quantitative estimate of drug-likeness (QED) is 0.271. The van der Waals surface area contributed by atoms with Crippen LogP contribution >= 0.6 is 0 Å². The molecule has 3 atom stereocenters. The number of rotatable bonds is 6. The Morgan fingerprint density at radius 2 is 1.87 bits per heavy atom. The molecular weight excluding hydrogens is 568 g/mol. The summed E-state index contributed by atoms with van der Waals surface area (Å²) in [6.45, 7) is 7.40. The summed E-state index contributed by atoms with van der Waals surface area (Å²) in [6.07, 6.45) is 6.45. The van der Waals surface area contributed by atoms with E-state index in [1.165, 1.54) is 0 Å². The molecule has 1 aliphatic heterocycles. The molecule has 2 N–H and O–H groups in total. The maximum absolute atomic E-state index is 13.2. The van der Waals surface area contributed by atoms with Crippen LogP contribution in [0.3, 0.4) is 0 Å². The summed E-state index contributed by atoms with van der Waals surface area (Å²) in [4.78, 5) is 27.7. The number of hydrogen-bond acceptors (Lipinski definition) is 8. The summed E-state index contributed by atoms with van der Waals surface area (Å²) in [5.74, 6) is 2.12. The first kappa shape index (κ1) is 27.8. The van der Waals surface area contributed by atoms with Crippen LogP contribution in [0.15, 0.2) is 65.4 Å². The lowest BCUT2D eigenvalue weighted by Crippen LogP contribution is -2.53. The highest BCUT2D eigenvalue weighted by molar-refractivity contribution is 5.95. The molecule has 2 saturated carbocycles. The van der Waals surface area contributed by atoms with Crippen molar-refractivity contribution in [1.82, 2.24) is 35.1 Å². The molecule has 8 rings (SSSR count). The fraction of sp³-hybridized carbons (Fsp3) is 0.382. The molecule has 0 spiro atoms. The van der Waals surface area contributed by atoms with Gasteiger partial charge in [0.05, 0.1) is 40.7 Å². The van der Waals surface area contributed by atoms with Crippen LogP contribution in [0.5, 0.6) is 0 Å². The molecule has 3 unspecified atom stereocenters. The van der Waals surface area contributed by atoms with Crippen LogP contribution in [-0.2, 0) is 0 Å². The number of benzene rings is 2. The van der Waals surface area contributed by atoms with Crippen molar-refractivity contribution in [2.24, 2.45) is 0 Å². The fourth-order valence-corrected chi connectivity index (χ4v) is 6.52. The van der Waals surface area contributed by atoms with Crippen molar-refractivity contribution in [1.29, 1.82) is 0 Å². The number of nitrogens with one attached hydrogen (secondary N) is 1. The van der Waals surface area contributed by atoms with E-state index in [-0.39, 0.29) is 18.1 Å². The number of amides is 2. The van der Waals surface area contributed by atoms with Gasteiger partial charge in [0.1, 0.15) is 11.6 Å². The molecule has 5 aromatic rings. The minimum Gasteiger partial charge on any atom is -0.388 e. The van der Waals surface area contributed by atoms with Crippen molar-refractivity contribution < 1.29 is 14.4 Å². The van der Waals surface area contributed by atoms with Crippen LogP contribution in [0.1, 0.15) is 55.3 Å². The van der Waals surface area contributed by atoms with Gasteiger partial charge in [-0.2, -0.15) is 5.10 Å². The van der Waals surface area contributed by atoms with Gasteiger partial charge in [0.15, 0.2) is 5.82 Å². The average molecular weight is 605 g/mol. The lowest BCUT2D eigenvalue weighted by atomic mass is 9.99. The monoisotopic (exact) mass is 604 g/mol. The van der Waals surface area contributed by atoms with E-state index in [1.54, 1.807) is 6.20 Å². The Morgan fingerprint density at radius 3 is 2.58 bits per heavy atom. The molecule has 45 heavy (non-hydrogen) atoms. The summed E-state index contributed by atoms with van der Waals surface area (Å²) in [5.41, 5.74) is 4.73. The largest absolute Gasteiger partial charge is 0.388 e. The molecule has 230 valence electrons. The summed E-state index contributed by atoms with van der Waals surface area (Å²) in [6, 6.07) is 16.6. The second kappa shape index (κ2) is 10.4. The zero-order chi connectivity index (χ0) is 30.9. The molecule has 11 heteroatoms. The van der Waals surface area contributed by atoms with Gasteiger partial charge < -0.3 is 24.7 Å². The second-order valence-electron chi connectivity index (χ2n) is 12.9. The van der Waals surface area contributed by atoms with Crippen molar-refractivity contribution in [3.63, 3.8) is 0 Å². The fourth-order valence-electron chi connectivity index (χ4n) is 6.52. The Bertz CT molecular complexity index is 1890. The van der Waals surface area contributed by atoms with E-state index >= 15 is 0 Å². The summed E-state index contributed by atoms with van der Waals surface area (Å²) >= 11 is 0. The molecule has 0 radical (unpaired) electrons. The maximum Gasteiger partial charge on any atom is 0.317 e. The van der Waals surface area contributed by atoms with Crippen LogP contribution in [0.2, 0.25) is 0 Å². The first-order valence-corrected chi connectivity index (χ1v) is 15.6. The van der Waals surface area contributed by atoms with Crippen molar-refractivity contribution in [3.05, 3.63) is 77.9 Å². The highest BCUT2D eigenvalue weighted by Crippen LogP contribution is 2.47. The number of aromatic nitrogens is 5. The predicted octanol–water partition coefficient (Wildman–Crippen LogP) is 5.20. The first-order valence-electron chi connectivity index (χ1n) is 15.6. The van der Waals surface area contributed by atoms with Crippen LogP contribution in [-0.4, -0.2) is 72.2 Å². The number of anilines is 1. The Kier molecular flexibility index (Phi) is 6.42. The normalized spacial score (nSPS) is 23.0. The molecule has 3 fully saturated rings. The molecule has 4 heterocycles. The molecule has 2 aliphatic carbocycles. The number of urea groups is 1. The Balaban J connectivity index is 1.25. The van der Waals surface area contributed by atoms with Gasteiger partial charge in [-0.3, -0.25) is 4.68 Å². The van der Waals surface area contributed by atoms with Crippen LogP contribution in [0.4, 0.5) is 10.6 Å². The SMILES string of the molecule is Cc1noc(C)c1-c1ccc2nc(-c3cnn(C4CC4(C)O)c3)nc(N3CCN(C(=O)NC4CC4)CC3c3ccccc3)c2c1. The Hall–Kier alpha value is -4.77. The minimum atomic E-state index is -0.748. The van der Waals surface area contributed by atoms with Gasteiger partial charge >= 0.3 is 6.03 Å². The number of carbonyl (C=O) groups excluding carboxylic acids is 1. The molecule has 2 amide bonds. The van der Waals surface area contributed by atoms with E-state index in [0.717, 1.165) is 63.3 Å². The zero-order valence-corrected chi connectivity index (χ0v) is 25.6. The minimum absolute atomic E-state index is 0.00427. The number of aryl methyl sites for hydroxylation is 2. The van der Waals surface area contributed by atoms with Crippen LogP contribution in [0.25, 0.3) is 33.4 Å². The van der Waals surface area contributed by atoms with Crippen LogP contribution < -0.4 is 10.2 Å². The molecule has 11 nitrogen and oxygen atoms in total. The van der Waals surface area contributed by atoms with E-state index in [0.29, 0.717) is 37.9 Å². The van der Waals surface area contributed by atoms with Gasteiger partial charge in [-0.25, -0.2) is 14.8 Å². The summed E-state index contributed by atoms with van der Waals surface area (Å²) in [7, 11) is 0.